The number of hydrogen-bond acceptors (Lipinski definition) is 0. The Morgan fingerprint density at radius 3 is 1.45 bits per heavy atom. The fraction of sp³-hybridized carbons (Fsp3) is 0.0952. The van der Waals surface area contributed by atoms with Crippen LogP contribution in [0.5, 0.6) is 0 Å². The van der Waals surface area contributed by atoms with Crippen molar-refractivity contribution in [2.45, 2.75) is 25.7 Å². The minimum absolute atomic E-state index is 1.03. The predicted molar refractivity (Wildman–Crippen MR) is 174 cm³/mol. The summed E-state index contributed by atoms with van der Waals surface area (Å²) >= 11 is 0. The number of benzene rings is 7. The van der Waals surface area contributed by atoms with Gasteiger partial charge in [0.2, 0.25) is 0 Å². The van der Waals surface area contributed by atoms with E-state index in [-0.39, 0.29) is 0 Å². The molecular formula is C42H26. The number of fused-ring (bicyclic) bond motifs is 16. The van der Waals surface area contributed by atoms with Gasteiger partial charge in [0.05, 0.1) is 0 Å². The summed E-state index contributed by atoms with van der Waals surface area (Å²) in [5, 5.41) is 5.45. The monoisotopic (exact) mass is 530 g/mol. The molecule has 0 spiro atoms. The summed E-state index contributed by atoms with van der Waals surface area (Å²) in [4.78, 5) is 0. The maximum Gasteiger partial charge on any atom is -0.000421 e. The van der Waals surface area contributed by atoms with Crippen LogP contribution in [0.3, 0.4) is 0 Å². The van der Waals surface area contributed by atoms with Crippen LogP contribution < -0.4 is 0 Å². The Morgan fingerprint density at radius 1 is 0.286 bits per heavy atom. The fourth-order valence-corrected chi connectivity index (χ4v) is 8.81. The van der Waals surface area contributed by atoms with Gasteiger partial charge in [0.15, 0.2) is 0 Å². The Labute approximate surface area is 244 Å². The molecular weight excluding hydrogens is 504 g/mol. The second-order valence-corrected chi connectivity index (χ2v) is 12.8. The largest absolute Gasteiger partial charge is 0.0616 e. The zero-order valence-electron chi connectivity index (χ0n) is 23.2. The standard InChI is InChI=1S/C42H26/c1-2-7-25-16-36-26(13-24(25)6-1)14-27-18-38-29(19-37(27)36)15-28-17-35-30(20-39(28)38)21-40-34(35)12-11-33-32-10-9-23-5-3-4-8-31(23)41(32)22-42(33)40/h1-13,16-20H,14-15,21-22H2. The molecule has 0 saturated heterocycles. The number of rotatable bonds is 0. The first-order valence-electron chi connectivity index (χ1n) is 15.3. The van der Waals surface area contributed by atoms with Crippen LogP contribution in [0.25, 0.3) is 66.1 Å². The third-order valence-electron chi connectivity index (χ3n) is 10.7. The molecule has 0 aliphatic heterocycles. The molecule has 0 bridgehead atoms. The van der Waals surface area contributed by atoms with Crippen molar-refractivity contribution in [3.05, 3.63) is 154 Å². The smallest absolute Gasteiger partial charge is 0.000421 e. The maximum atomic E-state index is 2.54. The highest BCUT2D eigenvalue weighted by Crippen LogP contribution is 2.51. The highest BCUT2D eigenvalue weighted by Gasteiger charge is 2.32. The summed E-state index contributed by atoms with van der Waals surface area (Å²) < 4.78 is 0. The highest BCUT2D eigenvalue weighted by molar-refractivity contribution is 5.98. The SMILES string of the molecule is c1ccc2cc3c(cc2c1)Cc1cc2c(cc1-3)Cc1cc3c(cc1-2)Cc1c-3ccc2c1Cc1c-2ccc2ccccc12. The van der Waals surface area contributed by atoms with Crippen molar-refractivity contribution >= 4 is 21.5 Å². The normalized spacial score (nSPS) is 14.3. The summed E-state index contributed by atoms with van der Waals surface area (Å²) in [7, 11) is 0. The lowest BCUT2D eigenvalue weighted by atomic mass is 9.95. The fourth-order valence-electron chi connectivity index (χ4n) is 8.81. The van der Waals surface area contributed by atoms with Crippen molar-refractivity contribution in [3.8, 4) is 44.5 Å². The van der Waals surface area contributed by atoms with E-state index in [0.29, 0.717) is 0 Å². The van der Waals surface area contributed by atoms with Crippen molar-refractivity contribution in [1.82, 2.24) is 0 Å². The molecule has 11 rings (SSSR count). The third-order valence-corrected chi connectivity index (χ3v) is 10.7. The second-order valence-electron chi connectivity index (χ2n) is 12.8. The van der Waals surface area contributed by atoms with Gasteiger partial charge in [-0.15, -0.1) is 0 Å². The van der Waals surface area contributed by atoms with E-state index in [1.54, 1.807) is 11.1 Å². The van der Waals surface area contributed by atoms with Gasteiger partial charge >= 0.3 is 0 Å². The summed E-state index contributed by atoms with van der Waals surface area (Å²) in [6.45, 7) is 0. The molecule has 0 aromatic heterocycles. The molecule has 0 heterocycles. The molecule has 0 fully saturated rings. The Hall–Kier alpha value is -4.94. The molecule has 0 heteroatoms. The lowest BCUT2D eigenvalue weighted by molar-refractivity contribution is 1.17. The average Bonchev–Trinajstić information content (AvgIpc) is 3.77. The van der Waals surface area contributed by atoms with Gasteiger partial charge in [-0.25, -0.2) is 0 Å². The van der Waals surface area contributed by atoms with E-state index in [2.05, 4.69) is 109 Å². The predicted octanol–water partition coefficient (Wildman–Crippen LogP) is 10.3. The summed E-state index contributed by atoms with van der Waals surface area (Å²) in [5.41, 5.74) is 23.7. The zero-order valence-corrected chi connectivity index (χ0v) is 23.2. The first kappa shape index (κ1) is 21.8. The first-order valence-corrected chi connectivity index (χ1v) is 15.3. The van der Waals surface area contributed by atoms with Gasteiger partial charge in [-0.2, -0.15) is 0 Å². The Kier molecular flexibility index (Phi) is 3.87. The second kappa shape index (κ2) is 7.46. The summed E-state index contributed by atoms with van der Waals surface area (Å²) in [6.07, 6.45) is 4.17. The van der Waals surface area contributed by atoms with Gasteiger partial charge in [0.1, 0.15) is 0 Å². The van der Waals surface area contributed by atoms with Crippen molar-refractivity contribution in [3.63, 3.8) is 0 Å². The van der Waals surface area contributed by atoms with E-state index >= 15 is 0 Å². The third kappa shape index (κ3) is 2.69. The topological polar surface area (TPSA) is 0 Å². The molecule has 0 amide bonds. The Bertz CT molecular complexity index is 2400. The molecule has 4 aliphatic carbocycles. The van der Waals surface area contributed by atoms with Crippen LogP contribution in [0.4, 0.5) is 0 Å². The minimum atomic E-state index is 1.03. The van der Waals surface area contributed by atoms with Crippen molar-refractivity contribution < 1.29 is 0 Å². The van der Waals surface area contributed by atoms with Gasteiger partial charge in [0.25, 0.3) is 0 Å². The van der Waals surface area contributed by atoms with Crippen molar-refractivity contribution in [2.75, 3.05) is 0 Å². The van der Waals surface area contributed by atoms with E-state index in [4.69, 9.17) is 0 Å². The minimum Gasteiger partial charge on any atom is -0.0616 e. The van der Waals surface area contributed by atoms with E-state index < -0.39 is 0 Å². The van der Waals surface area contributed by atoms with Crippen LogP contribution in [0.15, 0.2) is 109 Å². The Morgan fingerprint density at radius 2 is 0.738 bits per heavy atom. The van der Waals surface area contributed by atoms with Crippen LogP contribution in [0.1, 0.15) is 44.5 Å². The van der Waals surface area contributed by atoms with Gasteiger partial charge in [0, 0.05) is 0 Å². The highest BCUT2D eigenvalue weighted by atomic mass is 14.4. The van der Waals surface area contributed by atoms with Crippen LogP contribution in [-0.4, -0.2) is 0 Å². The zero-order chi connectivity index (χ0) is 27.1. The van der Waals surface area contributed by atoms with Crippen LogP contribution in [0, 0.1) is 0 Å². The molecule has 0 unspecified atom stereocenters. The van der Waals surface area contributed by atoms with E-state index in [9.17, 15) is 0 Å². The van der Waals surface area contributed by atoms with E-state index in [0.717, 1.165) is 25.7 Å². The van der Waals surface area contributed by atoms with Gasteiger partial charge in [-0.1, -0.05) is 78.9 Å². The molecule has 0 radical (unpaired) electrons. The molecule has 4 aliphatic rings. The number of hydrogen-bond donors (Lipinski definition) is 0. The molecule has 42 heavy (non-hydrogen) atoms. The van der Waals surface area contributed by atoms with Crippen molar-refractivity contribution in [2.24, 2.45) is 0 Å². The van der Waals surface area contributed by atoms with Crippen LogP contribution >= 0.6 is 0 Å². The molecule has 0 nitrogen and oxygen atoms in total. The lowest BCUT2D eigenvalue weighted by Gasteiger charge is -2.09. The van der Waals surface area contributed by atoms with Gasteiger partial charge in [-0.05, 0) is 167 Å². The molecule has 7 aromatic carbocycles. The molecule has 0 N–H and O–H groups in total. The maximum absolute atomic E-state index is 2.54. The Balaban J connectivity index is 1.00. The molecule has 0 saturated carbocycles. The first-order chi connectivity index (χ1) is 20.8. The lowest BCUT2D eigenvalue weighted by Crippen LogP contribution is -1.91. The van der Waals surface area contributed by atoms with Crippen LogP contribution in [-0.2, 0) is 25.7 Å². The van der Waals surface area contributed by atoms with E-state index in [1.807, 2.05) is 0 Å². The summed E-state index contributed by atoms with van der Waals surface area (Å²) in [5.74, 6) is 0. The molecule has 194 valence electrons. The molecule has 0 atom stereocenters. The molecule has 7 aromatic rings. The average molecular weight is 531 g/mol. The summed E-state index contributed by atoms with van der Waals surface area (Å²) in [6, 6.07) is 42.1. The quantitative estimate of drug-likeness (QED) is 0.183. The van der Waals surface area contributed by atoms with Crippen LogP contribution in [0.2, 0.25) is 0 Å². The van der Waals surface area contributed by atoms with Gasteiger partial charge < -0.3 is 0 Å². The van der Waals surface area contributed by atoms with Gasteiger partial charge in [-0.3, -0.25) is 0 Å². The van der Waals surface area contributed by atoms with E-state index in [1.165, 1.54) is 99.4 Å². The van der Waals surface area contributed by atoms with Crippen molar-refractivity contribution in [1.29, 1.82) is 0 Å².